The highest BCUT2D eigenvalue weighted by molar-refractivity contribution is 5.48. The fourth-order valence-electron chi connectivity index (χ4n) is 2.03. The smallest absolute Gasteiger partial charge is 0.311 e. The molecule has 2 rings (SSSR count). The predicted molar refractivity (Wildman–Crippen MR) is 78.3 cm³/mol. The van der Waals surface area contributed by atoms with Gasteiger partial charge in [0, 0.05) is 38.8 Å². The molecular formula is C14H18N4O3. The van der Waals surface area contributed by atoms with Crippen LogP contribution in [0.5, 0.6) is 5.75 Å². The number of nitrogens with zero attached hydrogens (tertiary/aromatic N) is 3. The van der Waals surface area contributed by atoms with E-state index in [4.69, 9.17) is 4.74 Å². The summed E-state index contributed by atoms with van der Waals surface area (Å²) < 4.78 is 6.74. The van der Waals surface area contributed by atoms with Crippen molar-refractivity contribution in [1.29, 1.82) is 0 Å². The van der Waals surface area contributed by atoms with Gasteiger partial charge in [-0.05, 0) is 17.7 Å². The molecule has 0 saturated carbocycles. The third-order valence-corrected chi connectivity index (χ3v) is 3.10. The second kappa shape index (κ2) is 6.85. The summed E-state index contributed by atoms with van der Waals surface area (Å²) in [6.45, 7) is 1.33. The SMILES string of the molecule is COc1ccc(CNCCc2ccn(C)n2)cc1[N+](=O)[O-]. The zero-order valence-corrected chi connectivity index (χ0v) is 12.1. The van der Waals surface area contributed by atoms with Crippen LogP contribution in [0, 0.1) is 10.1 Å². The molecule has 0 fully saturated rings. The zero-order valence-electron chi connectivity index (χ0n) is 12.1. The van der Waals surface area contributed by atoms with Crippen LogP contribution in [-0.4, -0.2) is 28.4 Å². The van der Waals surface area contributed by atoms with E-state index in [9.17, 15) is 10.1 Å². The van der Waals surface area contributed by atoms with Gasteiger partial charge in [0.2, 0.25) is 0 Å². The van der Waals surface area contributed by atoms with Gasteiger partial charge in [0.25, 0.3) is 0 Å². The summed E-state index contributed by atoms with van der Waals surface area (Å²) in [6, 6.07) is 6.94. The molecule has 0 spiro atoms. The fourth-order valence-corrected chi connectivity index (χ4v) is 2.03. The molecule has 1 aromatic carbocycles. The van der Waals surface area contributed by atoms with Gasteiger partial charge in [0.1, 0.15) is 0 Å². The summed E-state index contributed by atoms with van der Waals surface area (Å²) in [5.74, 6) is 0.275. The number of aromatic nitrogens is 2. The summed E-state index contributed by atoms with van der Waals surface area (Å²) in [6.07, 6.45) is 2.72. The lowest BCUT2D eigenvalue weighted by Gasteiger charge is -2.06. The van der Waals surface area contributed by atoms with Crippen molar-refractivity contribution in [3.05, 3.63) is 51.8 Å². The number of benzene rings is 1. The first-order valence-electron chi connectivity index (χ1n) is 6.60. The number of rotatable bonds is 7. The molecule has 7 heteroatoms. The third kappa shape index (κ3) is 4.03. The van der Waals surface area contributed by atoms with Crippen LogP contribution in [-0.2, 0) is 20.0 Å². The maximum atomic E-state index is 10.9. The molecule has 1 heterocycles. The van der Waals surface area contributed by atoms with Gasteiger partial charge in [-0.1, -0.05) is 6.07 Å². The minimum Gasteiger partial charge on any atom is -0.490 e. The van der Waals surface area contributed by atoms with Crippen molar-refractivity contribution in [3.63, 3.8) is 0 Å². The first kappa shape index (κ1) is 15.0. The summed E-state index contributed by atoms with van der Waals surface area (Å²) in [5, 5.41) is 18.5. The van der Waals surface area contributed by atoms with Crippen LogP contribution < -0.4 is 10.1 Å². The molecule has 0 aliphatic carbocycles. The Morgan fingerprint density at radius 1 is 1.43 bits per heavy atom. The molecule has 1 aromatic heterocycles. The monoisotopic (exact) mass is 290 g/mol. The van der Waals surface area contributed by atoms with Gasteiger partial charge in [0.05, 0.1) is 17.7 Å². The van der Waals surface area contributed by atoms with Crippen LogP contribution in [0.25, 0.3) is 0 Å². The molecule has 0 aliphatic heterocycles. The Kier molecular flexibility index (Phi) is 4.89. The van der Waals surface area contributed by atoms with Crippen molar-refractivity contribution >= 4 is 5.69 Å². The third-order valence-electron chi connectivity index (χ3n) is 3.10. The minimum atomic E-state index is -0.434. The highest BCUT2D eigenvalue weighted by Gasteiger charge is 2.14. The Morgan fingerprint density at radius 3 is 2.86 bits per heavy atom. The maximum absolute atomic E-state index is 10.9. The van der Waals surface area contributed by atoms with Crippen molar-refractivity contribution < 1.29 is 9.66 Å². The quantitative estimate of drug-likeness (QED) is 0.476. The Morgan fingerprint density at radius 2 is 2.24 bits per heavy atom. The average molecular weight is 290 g/mol. The highest BCUT2D eigenvalue weighted by atomic mass is 16.6. The molecule has 112 valence electrons. The highest BCUT2D eigenvalue weighted by Crippen LogP contribution is 2.27. The normalized spacial score (nSPS) is 10.6. The van der Waals surface area contributed by atoms with E-state index in [0.717, 1.165) is 24.2 Å². The van der Waals surface area contributed by atoms with E-state index in [0.29, 0.717) is 6.54 Å². The van der Waals surface area contributed by atoms with Gasteiger partial charge in [-0.2, -0.15) is 5.10 Å². The summed E-state index contributed by atoms with van der Waals surface area (Å²) in [4.78, 5) is 10.5. The predicted octanol–water partition coefficient (Wildman–Crippen LogP) is 1.67. The second-order valence-electron chi connectivity index (χ2n) is 4.67. The Bertz CT molecular complexity index is 624. The number of hydrogen-bond acceptors (Lipinski definition) is 5. The summed E-state index contributed by atoms with van der Waals surface area (Å²) in [5.41, 5.74) is 1.86. The minimum absolute atomic E-state index is 0.0125. The van der Waals surface area contributed by atoms with E-state index in [-0.39, 0.29) is 11.4 Å². The number of ether oxygens (including phenoxy) is 1. The molecule has 0 aliphatic rings. The standard InChI is InChI=1S/C14H18N4O3/c1-17-8-6-12(16-17)5-7-15-10-11-3-4-14(21-2)13(9-11)18(19)20/h3-4,6,8-9,15H,5,7,10H2,1-2H3. The molecule has 0 bridgehead atoms. The molecule has 0 atom stereocenters. The number of nitro benzene ring substituents is 1. The van der Waals surface area contributed by atoms with Gasteiger partial charge < -0.3 is 10.1 Å². The van der Waals surface area contributed by atoms with Crippen molar-refractivity contribution in [2.45, 2.75) is 13.0 Å². The molecule has 1 N–H and O–H groups in total. The molecule has 0 amide bonds. The topological polar surface area (TPSA) is 82.2 Å². The lowest BCUT2D eigenvalue weighted by Crippen LogP contribution is -2.17. The molecular weight excluding hydrogens is 272 g/mol. The first-order chi connectivity index (χ1) is 10.1. The van der Waals surface area contributed by atoms with Gasteiger partial charge in [0.15, 0.2) is 5.75 Å². The van der Waals surface area contributed by atoms with E-state index < -0.39 is 4.92 Å². The Labute approximate surface area is 122 Å². The largest absolute Gasteiger partial charge is 0.490 e. The van der Waals surface area contributed by atoms with Crippen LogP contribution in [0.4, 0.5) is 5.69 Å². The van der Waals surface area contributed by atoms with Gasteiger partial charge in [-0.25, -0.2) is 0 Å². The Hall–Kier alpha value is -2.41. The zero-order chi connectivity index (χ0) is 15.2. The lowest BCUT2D eigenvalue weighted by atomic mass is 10.2. The van der Waals surface area contributed by atoms with Crippen LogP contribution >= 0.6 is 0 Å². The van der Waals surface area contributed by atoms with Crippen molar-refractivity contribution in [2.24, 2.45) is 7.05 Å². The first-order valence-corrected chi connectivity index (χ1v) is 6.60. The van der Waals surface area contributed by atoms with Gasteiger partial charge in [-0.15, -0.1) is 0 Å². The van der Waals surface area contributed by atoms with E-state index >= 15 is 0 Å². The maximum Gasteiger partial charge on any atom is 0.311 e. The van der Waals surface area contributed by atoms with Crippen LogP contribution in [0.2, 0.25) is 0 Å². The second-order valence-corrected chi connectivity index (χ2v) is 4.67. The molecule has 0 saturated heterocycles. The average Bonchev–Trinajstić information content (AvgIpc) is 2.89. The molecule has 2 aromatic rings. The number of hydrogen-bond donors (Lipinski definition) is 1. The summed E-state index contributed by atoms with van der Waals surface area (Å²) in [7, 11) is 3.31. The van der Waals surface area contributed by atoms with E-state index in [1.165, 1.54) is 13.2 Å². The number of aryl methyl sites for hydroxylation is 1. The van der Waals surface area contributed by atoms with Crippen molar-refractivity contribution in [1.82, 2.24) is 15.1 Å². The van der Waals surface area contributed by atoms with Crippen LogP contribution in [0.1, 0.15) is 11.3 Å². The van der Waals surface area contributed by atoms with Crippen molar-refractivity contribution in [3.8, 4) is 5.75 Å². The van der Waals surface area contributed by atoms with E-state index in [1.54, 1.807) is 10.7 Å². The van der Waals surface area contributed by atoms with Crippen molar-refractivity contribution in [2.75, 3.05) is 13.7 Å². The Balaban J connectivity index is 1.88. The fraction of sp³-hybridized carbons (Fsp3) is 0.357. The molecule has 0 unspecified atom stereocenters. The van der Waals surface area contributed by atoms with E-state index in [2.05, 4.69) is 10.4 Å². The number of nitrogens with one attached hydrogen (secondary N) is 1. The molecule has 0 radical (unpaired) electrons. The van der Waals surface area contributed by atoms with Gasteiger partial charge in [-0.3, -0.25) is 14.8 Å². The van der Waals surface area contributed by atoms with Crippen LogP contribution in [0.3, 0.4) is 0 Å². The summed E-state index contributed by atoms with van der Waals surface area (Å²) >= 11 is 0. The molecule has 7 nitrogen and oxygen atoms in total. The molecule has 21 heavy (non-hydrogen) atoms. The van der Waals surface area contributed by atoms with Crippen LogP contribution in [0.15, 0.2) is 30.5 Å². The number of methoxy groups -OCH3 is 1. The number of nitro groups is 1. The van der Waals surface area contributed by atoms with E-state index in [1.807, 2.05) is 25.4 Å². The lowest BCUT2D eigenvalue weighted by molar-refractivity contribution is -0.385. The van der Waals surface area contributed by atoms with Gasteiger partial charge >= 0.3 is 5.69 Å².